The summed E-state index contributed by atoms with van der Waals surface area (Å²) in [6.07, 6.45) is 7.09. The smallest absolute Gasteiger partial charge is 0.224 e. The summed E-state index contributed by atoms with van der Waals surface area (Å²) in [5.41, 5.74) is 11.5. The molecule has 0 radical (unpaired) electrons. The van der Waals surface area contributed by atoms with E-state index in [9.17, 15) is 39.6 Å². The van der Waals surface area contributed by atoms with Crippen LogP contribution in [-0.2, 0) is 20.0 Å². The fourth-order valence-electron chi connectivity index (χ4n) is 6.51. The zero-order valence-electron chi connectivity index (χ0n) is 33.7. The summed E-state index contributed by atoms with van der Waals surface area (Å²) in [4.78, 5) is 42.1. The molecule has 0 atom stereocenters. The number of ketones is 2. The van der Waals surface area contributed by atoms with Crippen LogP contribution in [0.15, 0.2) is 36.7 Å². The number of benzene rings is 2. The molecule has 6 N–H and O–H groups in total. The van der Waals surface area contributed by atoms with Crippen LogP contribution in [0, 0.1) is 17.5 Å². The predicted octanol–water partition coefficient (Wildman–Crippen LogP) is 2.69. The minimum atomic E-state index is -3.23. The van der Waals surface area contributed by atoms with Crippen molar-refractivity contribution in [3.63, 3.8) is 0 Å². The first-order chi connectivity index (χ1) is 28.7. The van der Waals surface area contributed by atoms with Crippen molar-refractivity contribution < 1.29 is 53.8 Å². The highest BCUT2D eigenvalue weighted by Crippen LogP contribution is 2.31. The highest BCUT2D eigenvalue weighted by atomic mass is 32.2. The fourth-order valence-corrected chi connectivity index (χ4v) is 8.26. The molecule has 0 aliphatic carbocycles. The van der Waals surface area contributed by atoms with Gasteiger partial charge >= 0.3 is 0 Å². The number of methoxy groups -OCH3 is 3. The van der Waals surface area contributed by atoms with Gasteiger partial charge in [0.1, 0.15) is 23.1 Å². The van der Waals surface area contributed by atoms with Crippen LogP contribution in [0.3, 0.4) is 0 Å². The number of aromatic nitrogens is 4. The number of rotatable bonds is 13. The molecule has 2 aliphatic rings. The molecule has 19 nitrogen and oxygen atoms in total. The minimum Gasteiger partial charge on any atom is -0.496 e. The van der Waals surface area contributed by atoms with Crippen LogP contribution in [0.1, 0.15) is 57.5 Å². The van der Waals surface area contributed by atoms with E-state index < -0.39 is 49.1 Å². The zero-order valence-corrected chi connectivity index (χ0v) is 35.4. The standard InChI is InChI=1S/C19H24FN5O5S.C18H21F2N5O4S/c1-29-15-9-16(30-2)14(20)8-12(15)17(26)13-10-22-19(24-18(13)21)23-11-4-6-25(7-5-11)31(3,27)28;1-29-15-8-14(20)13(19)7-11(15)16(26)12-9-22-18(24-17(12)21)23-10-3-5-25(6-4-10)30(2,27)28/h8-11H,4-7H2,1-3H3,(H3,21,22,23,24);7-10H,3-6H2,1-2H3,(H3,21,22,23,24). The van der Waals surface area contributed by atoms with E-state index >= 15 is 0 Å². The van der Waals surface area contributed by atoms with Crippen LogP contribution < -0.4 is 36.3 Å². The molecule has 0 unspecified atom stereocenters. The van der Waals surface area contributed by atoms with Crippen LogP contribution >= 0.6 is 0 Å². The third kappa shape index (κ3) is 11.3. The number of sulfonamides is 2. The molecule has 0 bridgehead atoms. The molecule has 0 spiro atoms. The lowest BCUT2D eigenvalue weighted by molar-refractivity contribution is 0.102. The molecule has 2 aromatic carbocycles. The number of ether oxygens (including phenoxy) is 3. The molecule has 4 heterocycles. The van der Waals surface area contributed by atoms with Crippen molar-refractivity contribution in [2.75, 3.05) is 82.1 Å². The van der Waals surface area contributed by atoms with Crippen molar-refractivity contribution in [2.24, 2.45) is 0 Å². The molecule has 24 heteroatoms. The van der Waals surface area contributed by atoms with E-state index in [1.165, 1.54) is 60.9 Å². The number of nitrogens with one attached hydrogen (secondary N) is 2. The number of anilines is 4. The molecule has 0 amide bonds. The number of nitrogens with zero attached hydrogens (tertiary/aromatic N) is 6. The number of carbonyl (C=O) groups is 2. The average molecular weight is 895 g/mol. The topological polar surface area (TPSA) is 264 Å². The van der Waals surface area contributed by atoms with E-state index in [-0.39, 0.29) is 75.1 Å². The molecule has 4 aromatic rings. The van der Waals surface area contributed by atoms with Crippen molar-refractivity contribution >= 4 is 55.1 Å². The minimum absolute atomic E-state index is 0.000289. The van der Waals surface area contributed by atoms with Gasteiger partial charge in [0.2, 0.25) is 43.5 Å². The van der Waals surface area contributed by atoms with Crippen molar-refractivity contribution in [3.05, 3.63) is 76.4 Å². The van der Waals surface area contributed by atoms with Crippen molar-refractivity contribution in [3.8, 4) is 17.2 Å². The van der Waals surface area contributed by atoms with Gasteiger partial charge in [0, 0.05) is 62.8 Å². The summed E-state index contributed by atoms with van der Waals surface area (Å²) in [6, 6.07) is 3.71. The highest BCUT2D eigenvalue weighted by Gasteiger charge is 2.28. The predicted molar refractivity (Wildman–Crippen MR) is 218 cm³/mol. The van der Waals surface area contributed by atoms with E-state index in [0.717, 1.165) is 18.2 Å². The number of piperidine rings is 2. The second-order valence-electron chi connectivity index (χ2n) is 14.0. The first-order valence-electron chi connectivity index (χ1n) is 18.5. The van der Waals surface area contributed by atoms with Crippen molar-refractivity contribution in [1.29, 1.82) is 0 Å². The van der Waals surface area contributed by atoms with Gasteiger partial charge in [0.05, 0.1) is 56.1 Å². The van der Waals surface area contributed by atoms with Gasteiger partial charge in [-0.3, -0.25) is 9.59 Å². The monoisotopic (exact) mass is 894 g/mol. The number of hydrogen-bond donors (Lipinski definition) is 4. The number of nitrogens with two attached hydrogens (primary N) is 2. The third-order valence-electron chi connectivity index (χ3n) is 9.84. The lowest BCUT2D eigenvalue weighted by atomic mass is 10.0. The van der Waals surface area contributed by atoms with Gasteiger partial charge in [0.15, 0.2) is 23.2 Å². The molecule has 6 rings (SSSR count). The molecule has 61 heavy (non-hydrogen) atoms. The second-order valence-corrected chi connectivity index (χ2v) is 17.9. The Bertz CT molecular complexity index is 2500. The van der Waals surface area contributed by atoms with Crippen LogP contribution in [0.25, 0.3) is 0 Å². The SMILES string of the molecule is COc1cc(F)c(F)cc1C(=O)c1cnc(NC2CCN(S(C)(=O)=O)CC2)nc1N.COc1cc(OC)c(C(=O)c2cnc(NC3CCN(S(C)(=O)=O)CC3)nc2N)cc1F. The quantitative estimate of drug-likeness (QED) is 0.141. The van der Waals surface area contributed by atoms with Crippen LogP contribution in [-0.4, -0.2) is 129 Å². The molecule has 330 valence electrons. The van der Waals surface area contributed by atoms with Crippen LogP contribution in [0.5, 0.6) is 17.2 Å². The molecule has 2 aliphatic heterocycles. The van der Waals surface area contributed by atoms with Gasteiger partial charge in [0.25, 0.3) is 0 Å². The maximum Gasteiger partial charge on any atom is 0.224 e. The molecule has 2 aromatic heterocycles. The van der Waals surface area contributed by atoms with E-state index in [2.05, 4.69) is 30.6 Å². The first-order valence-corrected chi connectivity index (χ1v) is 22.2. The van der Waals surface area contributed by atoms with E-state index in [1.807, 2.05) is 0 Å². The Balaban J connectivity index is 0.000000231. The zero-order chi connectivity index (χ0) is 44.8. The highest BCUT2D eigenvalue weighted by molar-refractivity contribution is 7.88. The Kier molecular flexibility index (Phi) is 14.6. The summed E-state index contributed by atoms with van der Waals surface area (Å²) in [7, 11) is -2.55. The number of halogens is 3. The van der Waals surface area contributed by atoms with E-state index in [1.54, 1.807) is 0 Å². The van der Waals surface area contributed by atoms with Gasteiger partial charge in [-0.1, -0.05) is 0 Å². The Morgan fingerprint density at radius 1 is 0.607 bits per heavy atom. The second kappa shape index (κ2) is 19.2. The summed E-state index contributed by atoms with van der Waals surface area (Å²) in [5.74, 6) is -4.25. The number of carbonyl (C=O) groups excluding carboxylic acids is 2. The average Bonchev–Trinajstić information content (AvgIpc) is 3.21. The summed E-state index contributed by atoms with van der Waals surface area (Å²) < 4.78 is 105. The van der Waals surface area contributed by atoms with Gasteiger partial charge < -0.3 is 36.3 Å². The van der Waals surface area contributed by atoms with Crippen molar-refractivity contribution in [1.82, 2.24) is 28.5 Å². The van der Waals surface area contributed by atoms with Gasteiger partial charge in [-0.05, 0) is 37.8 Å². The molecular weight excluding hydrogens is 850 g/mol. The Morgan fingerprint density at radius 3 is 1.33 bits per heavy atom. The number of nitrogen functional groups attached to an aromatic ring is 2. The largest absolute Gasteiger partial charge is 0.496 e. The van der Waals surface area contributed by atoms with Crippen LogP contribution in [0.2, 0.25) is 0 Å². The normalized spacial score (nSPS) is 15.6. The third-order valence-corrected chi connectivity index (χ3v) is 12.5. The maximum atomic E-state index is 14.1. The van der Waals surface area contributed by atoms with Gasteiger partial charge in [-0.2, -0.15) is 9.97 Å². The molecular formula is C37H45F3N10O9S2. The van der Waals surface area contributed by atoms with Gasteiger partial charge in [-0.25, -0.2) is 48.6 Å². The maximum absolute atomic E-state index is 14.1. The first kappa shape index (κ1) is 46.2. The lowest BCUT2D eigenvalue weighted by Crippen LogP contribution is -2.42. The fraction of sp³-hybridized carbons (Fsp3) is 0.405. The van der Waals surface area contributed by atoms with Gasteiger partial charge in [-0.15, -0.1) is 0 Å². The molecule has 2 saturated heterocycles. The lowest BCUT2D eigenvalue weighted by Gasteiger charge is -2.30. The van der Waals surface area contributed by atoms with Crippen molar-refractivity contribution in [2.45, 2.75) is 37.8 Å². The van der Waals surface area contributed by atoms with E-state index in [4.69, 9.17) is 25.7 Å². The summed E-state index contributed by atoms with van der Waals surface area (Å²) in [6.45, 7) is 1.54. The Hall–Kier alpha value is -5.85. The Labute approximate surface area is 350 Å². The molecule has 0 saturated carbocycles. The summed E-state index contributed by atoms with van der Waals surface area (Å²) in [5, 5.41) is 6.18. The van der Waals surface area contributed by atoms with Crippen LogP contribution in [0.4, 0.5) is 36.7 Å². The van der Waals surface area contributed by atoms with E-state index in [0.29, 0.717) is 51.9 Å². The number of hydrogen-bond acceptors (Lipinski definition) is 17. The Morgan fingerprint density at radius 2 is 0.967 bits per heavy atom. The summed E-state index contributed by atoms with van der Waals surface area (Å²) >= 11 is 0. The molecule has 2 fully saturated rings.